The van der Waals surface area contributed by atoms with Gasteiger partial charge in [-0.2, -0.15) is 0 Å². The van der Waals surface area contributed by atoms with Crippen LogP contribution in [0.1, 0.15) is 74.0 Å². The van der Waals surface area contributed by atoms with Crippen LogP contribution in [0.2, 0.25) is 0 Å². The summed E-state index contributed by atoms with van der Waals surface area (Å²) in [6.07, 6.45) is 12.7. The van der Waals surface area contributed by atoms with Gasteiger partial charge in [0.25, 0.3) is 0 Å². The summed E-state index contributed by atoms with van der Waals surface area (Å²) in [4.78, 5) is 38.2. The molecule has 1 aromatic heterocycles. The molecular formula is C35H42N4O2. The molecule has 3 aromatic rings. The number of hydrogen-bond acceptors (Lipinski definition) is 5. The summed E-state index contributed by atoms with van der Waals surface area (Å²) in [6.45, 7) is 0.731. The average Bonchev–Trinajstić information content (AvgIpc) is 3.70. The Balaban J connectivity index is 1.01. The van der Waals surface area contributed by atoms with Crippen LogP contribution in [-0.2, 0) is 11.2 Å². The van der Waals surface area contributed by atoms with Crippen molar-refractivity contribution < 1.29 is 9.59 Å². The maximum atomic E-state index is 13.3. The van der Waals surface area contributed by atoms with Crippen molar-refractivity contribution >= 4 is 28.4 Å². The second-order valence-electron chi connectivity index (χ2n) is 12.7. The number of fused-ring (bicyclic) bond motifs is 1. The van der Waals surface area contributed by atoms with Gasteiger partial charge in [0.05, 0.1) is 5.52 Å². The van der Waals surface area contributed by atoms with Crippen LogP contribution in [0.5, 0.6) is 0 Å². The van der Waals surface area contributed by atoms with Crippen molar-refractivity contribution in [2.75, 3.05) is 25.5 Å². The Morgan fingerprint density at radius 1 is 0.927 bits per heavy atom. The molecule has 2 atom stereocenters. The Labute approximate surface area is 243 Å². The molecule has 0 radical (unpaired) electrons. The Morgan fingerprint density at radius 2 is 1.63 bits per heavy atom. The Morgan fingerprint density at radius 3 is 2.39 bits per heavy atom. The number of allylic oxidation sites excluding steroid dienone is 2. The van der Waals surface area contributed by atoms with Crippen LogP contribution >= 0.6 is 0 Å². The molecule has 6 heteroatoms. The van der Waals surface area contributed by atoms with Crippen LogP contribution in [0.4, 0.5) is 5.82 Å². The minimum absolute atomic E-state index is 0.0822. The summed E-state index contributed by atoms with van der Waals surface area (Å²) in [5, 5.41) is 4.35. The van der Waals surface area contributed by atoms with Crippen LogP contribution in [0.25, 0.3) is 10.9 Å². The Bertz CT molecular complexity index is 1440. The molecule has 1 heterocycles. The minimum Gasteiger partial charge on any atom is -0.362 e. The van der Waals surface area contributed by atoms with Gasteiger partial charge in [-0.3, -0.25) is 9.59 Å². The van der Waals surface area contributed by atoms with Gasteiger partial charge in [0.2, 0.25) is 5.91 Å². The van der Waals surface area contributed by atoms with Gasteiger partial charge < -0.3 is 10.2 Å². The van der Waals surface area contributed by atoms with E-state index in [2.05, 4.69) is 28.4 Å². The number of hydrogen-bond donors (Lipinski definition) is 1. The molecule has 0 saturated heterocycles. The standard InChI is InChI=1S/C35H42N4O2/c1-39(2)33-29-14-8-9-15-30(29)37-31(38-33)17-16-26-22-35(26)20-18-24(19-21-35)23-36-34(41)28-13-7-6-12-27(28)32(40)25-10-4-3-5-11-25/h3-5,8-11,14-16,24,27-28H,6-7,12-13,17-23H2,1-2H3,(H,36,41)/b26-16+/t24?,27-,28-,35?/m1/s1. The van der Waals surface area contributed by atoms with E-state index in [1.54, 1.807) is 5.57 Å². The lowest BCUT2D eigenvalue weighted by Gasteiger charge is -2.32. The van der Waals surface area contributed by atoms with E-state index >= 15 is 0 Å². The summed E-state index contributed by atoms with van der Waals surface area (Å²) in [5.41, 5.74) is 3.65. The second-order valence-corrected chi connectivity index (χ2v) is 12.7. The summed E-state index contributed by atoms with van der Waals surface area (Å²) in [5.74, 6) is 2.19. The maximum absolute atomic E-state index is 13.3. The van der Waals surface area contributed by atoms with E-state index in [4.69, 9.17) is 9.97 Å². The zero-order valence-electron chi connectivity index (χ0n) is 24.4. The van der Waals surface area contributed by atoms with E-state index in [0.29, 0.717) is 11.3 Å². The van der Waals surface area contributed by atoms with Crippen LogP contribution in [0, 0.1) is 23.2 Å². The smallest absolute Gasteiger partial charge is 0.223 e. The highest BCUT2D eigenvalue weighted by Crippen LogP contribution is 2.61. The molecule has 6 nitrogen and oxygen atoms in total. The number of nitrogens with one attached hydrogen (secondary N) is 1. The first-order valence-corrected chi connectivity index (χ1v) is 15.4. The predicted octanol–water partition coefficient (Wildman–Crippen LogP) is 6.55. The third-order valence-electron chi connectivity index (χ3n) is 9.79. The van der Waals surface area contributed by atoms with Crippen molar-refractivity contribution in [3.05, 3.63) is 77.6 Å². The minimum atomic E-state index is -0.199. The highest BCUT2D eigenvalue weighted by Gasteiger charge is 2.49. The molecule has 3 fully saturated rings. The Hall–Kier alpha value is -3.54. The zero-order valence-corrected chi connectivity index (χ0v) is 24.4. The summed E-state index contributed by atoms with van der Waals surface area (Å²) in [7, 11) is 4.07. The van der Waals surface area contributed by atoms with Crippen LogP contribution in [-0.4, -0.2) is 42.3 Å². The number of amides is 1. The molecule has 0 aliphatic heterocycles. The molecule has 1 spiro atoms. The molecule has 0 bridgehead atoms. The van der Waals surface area contributed by atoms with Gasteiger partial charge >= 0.3 is 0 Å². The monoisotopic (exact) mass is 550 g/mol. The van der Waals surface area contributed by atoms with Gasteiger partial charge in [0, 0.05) is 49.8 Å². The lowest BCUT2D eigenvalue weighted by Crippen LogP contribution is -2.41. The number of nitrogens with zero attached hydrogens (tertiary/aromatic N) is 3. The maximum Gasteiger partial charge on any atom is 0.223 e. The number of Topliss-reactive ketones (excluding diaryl/α,β-unsaturated/α-hetero) is 1. The lowest BCUT2D eigenvalue weighted by atomic mass is 9.74. The number of rotatable bonds is 8. The average molecular weight is 551 g/mol. The van der Waals surface area contributed by atoms with Gasteiger partial charge in [-0.05, 0) is 68.4 Å². The van der Waals surface area contributed by atoms with Crippen molar-refractivity contribution in [2.45, 2.75) is 64.2 Å². The van der Waals surface area contributed by atoms with E-state index in [1.165, 1.54) is 19.3 Å². The number of ketones is 1. The fourth-order valence-electron chi connectivity index (χ4n) is 7.25. The summed E-state index contributed by atoms with van der Waals surface area (Å²) < 4.78 is 0. The first-order chi connectivity index (χ1) is 19.9. The van der Waals surface area contributed by atoms with E-state index in [-0.39, 0.29) is 23.5 Å². The van der Waals surface area contributed by atoms with Crippen molar-refractivity contribution in [1.29, 1.82) is 0 Å². The third-order valence-corrected chi connectivity index (χ3v) is 9.79. The van der Waals surface area contributed by atoms with Crippen LogP contribution < -0.4 is 10.2 Å². The molecule has 1 N–H and O–H groups in total. The normalized spacial score (nSPS) is 26.7. The Kier molecular flexibility index (Phi) is 7.92. The van der Waals surface area contributed by atoms with E-state index in [0.717, 1.165) is 79.6 Å². The molecule has 3 aliphatic carbocycles. The van der Waals surface area contributed by atoms with Crippen molar-refractivity contribution in [2.24, 2.45) is 23.2 Å². The molecule has 6 rings (SSSR count). The quantitative estimate of drug-likeness (QED) is 0.254. The molecular weight excluding hydrogens is 508 g/mol. The molecule has 3 saturated carbocycles. The number of para-hydroxylation sites is 1. The topological polar surface area (TPSA) is 75.2 Å². The fourth-order valence-corrected chi connectivity index (χ4v) is 7.25. The SMILES string of the molecule is CN(C)c1nc(C/C=C2\CC23CCC(CNC(=O)[C@@H]2CCCC[C@H]2C(=O)c2ccccc2)CC3)nc2ccccc12. The van der Waals surface area contributed by atoms with E-state index in [1.807, 2.05) is 56.6 Å². The summed E-state index contributed by atoms with van der Waals surface area (Å²) >= 11 is 0. The third kappa shape index (κ3) is 5.93. The number of carbonyl (C=O) groups excluding carboxylic acids is 2. The second kappa shape index (κ2) is 11.8. The number of benzene rings is 2. The van der Waals surface area contributed by atoms with Crippen LogP contribution in [0.3, 0.4) is 0 Å². The molecule has 41 heavy (non-hydrogen) atoms. The van der Waals surface area contributed by atoms with Gasteiger partial charge in [-0.1, -0.05) is 67.0 Å². The van der Waals surface area contributed by atoms with Gasteiger partial charge in [0.1, 0.15) is 11.6 Å². The van der Waals surface area contributed by atoms with E-state index in [9.17, 15) is 9.59 Å². The fraction of sp³-hybridized carbons (Fsp3) is 0.486. The summed E-state index contributed by atoms with van der Waals surface area (Å²) in [6, 6.07) is 17.7. The van der Waals surface area contributed by atoms with Gasteiger partial charge in [0.15, 0.2) is 5.78 Å². The molecule has 2 aromatic carbocycles. The first kappa shape index (κ1) is 27.6. The number of anilines is 1. The lowest BCUT2D eigenvalue weighted by molar-refractivity contribution is -0.127. The molecule has 0 unspecified atom stereocenters. The molecule has 214 valence electrons. The van der Waals surface area contributed by atoms with Crippen LogP contribution in [0.15, 0.2) is 66.2 Å². The first-order valence-electron chi connectivity index (χ1n) is 15.4. The van der Waals surface area contributed by atoms with E-state index < -0.39 is 0 Å². The molecule has 3 aliphatic rings. The number of aromatic nitrogens is 2. The highest BCUT2D eigenvalue weighted by atomic mass is 16.2. The predicted molar refractivity (Wildman–Crippen MR) is 164 cm³/mol. The van der Waals surface area contributed by atoms with Crippen molar-refractivity contribution in [3.8, 4) is 0 Å². The largest absolute Gasteiger partial charge is 0.362 e. The number of carbonyl (C=O) groups is 2. The highest BCUT2D eigenvalue weighted by molar-refractivity contribution is 6.00. The molecule has 1 amide bonds. The zero-order chi connectivity index (χ0) is 28.4. The van der Waals surface area contributed by atoms with Gasteiger partial charge in [-0.25, -0.2) is 9.97 Å². The van der Waals surface area contributed by atoms with Crippen molar-refractivity contribution in [1.82, 2.24) is 15.3 Å². The van der Waals surface area contributed by atoms with Gasteiger partial charge in [-0.15, -0.1) is 0 Å². The van der Waals surface area contributed by atoms with Crippen molar-refractivity contribution in [3.63, 3.8) is 0 Å².